The Morgan fingerprint density at radius 2 is 1.91 bits per heavy atom. The molecule has 0 spiro atoms. The minimum atomic E-state index is -1.24. The normalized spacial score (nSPS) is 16.2. The number of aryl methyl sites for hydroxylation is 1. The maximum absolute atomic E-state index is 12.2. The van der Waals surface area contributed by atoms with Gasteiger partial charge < -0.3 is 19.5 Å². The predicted molar refractivity (Wildman–Crippen MR) is 81.4 cm³/mol. The van der Waals surface area contributed by atoms with Crippen molar-refractivity contribution in [2.75, 3.05) is 38.1 Å². The fraction of sp³-hybridized carbons (Fsp3) is 0.429. The van der Waals surface area contributed by atoms with E-state index >= 15 is 0 Å². The van der Waals surface area contributed by atoms with E-state index in [0.717, 1.165) is 26.2 Å². The highest BCUT2D eigenvalue weighted by molar-refractivity contribution is 5.91. The van der Waals surface area contributed by atoms with Gasteiger partial charge in [0.25, 0.3) is 0 Å². The number of nitrogens with zero attached hydrogens (tertiary/aromatic N) is 5. The number of carbonyl (C=O) groups is 1. The fourth-order valence-corrected chi connectivity index (χ4v) is 2.56. The van der Waals surface area contributed by atoms with Crippen LogP contribution in [0.25, 0.3) is 11.0 Å². The third-order valence-electron chi connectivity index (χ3n) is 3.92. The fourth-order valence-electron chi connectivity index (χ4n) is 2.56. The monoisotopic (exact) mass is 303 g/mol. The van der Waals surface area contributed by atoms with Crippen LogP contribution in [0.2, 0.25) is 0 Å². The molecular weight excluding hydrogens is 286 g/mol. The number of pyridine rings is 1. The summed E-state index contributed by atoms with van der Waals surface area (Å²) in [5.41, 5.74) is -0.379. The lowest BCUT2D eigenvalue weighted by Gasteiger charge is -2.32. The van der Waals surface area contributed by atoms with Gasteiger partial charge in [0.1, 0.15) is 11.2 Å². The van der Waals surface area contributed by atoms with E-state index in [2.05, 4.69) is 26.8 Å². The van der Waals surface area contributed by atoms with Gasteiger partial charge in [-0.15, -0.1) is 0 Å². The van der Waals surface area contributed by atoms with Crippen molar-refractivity contribution in [3.05, 3.63) is 28.2 Å². The maximum atomic E-state index is 12.2. The van der Waals surface area contributed by atoms with Gasteiger partial charge >= 0.3 is 5.97 Å². The Morgan fingerprint density at radius 1 is 1.23 bits per heavy atom. The molecule has 1 aliphatic heterocycles. The van der Waals surface area contributed by atoms with E-state index in [0.29, 0.717) is 11.6 Å². The third kappa shape index (κ3) is 2.41. The zero-order valence-corrected chi connectivity index (χ0v) is 12.5. The first-order valence-electron chi connectivity index (χ1n) is 7.00. The molecule has 1 N–H and O–H groups in total. The van der Waals surface area contributed by atoms with Gasteiger partial charge in [0.2, 0.25) is 11.4 Å². The van der Waals surface area contributed by atoms with Crippen LogP contribution in [0.4, 0.5) is 5.95 Å². The molecule has 0 aromatic carbocycles. The summed E-state index contributed by atoms with van der Waals surface area (Å²) < 4.78 is 1.56. The average molecular weight is 303 g/mol. The van der Waals surface area contributed by atoms with Gasteiger partial charge in [-0.05, 0) is 7.05 Å². The topological polar surface area (TPSA) is 91.6 Å². The maximum Gasteiger partial charge on any atom is 0.341 e. The minimum Gasteiger partial charge on any atom is -0.477 e. The molecule has 1 aliphatic rings. The molecule has 1 fully saturated rings. The number of hydrogen-bond donors (Lipinski definition) is 1. The van der Waals surface area contributed by atoms with Gasteiger partial charge in [-0.3, -0.25) is 4.79 Å². The van der Waals surface area contributed by atoms with Crippen molar-refractivity contribution >= 4 is 23.0 Å². The number of aromatic nitrogens is 3. The number of carboxylic acid groups (broad SMARTS) is 1. The molecule has 0 amide bonds. The summed E-state index contributed by atoms with van der Waals surface area (Å²) in [5, 5.41) is 9.29. The number of piperazine rings is 1. The molecule has 0 unspecified atom stereocenters. The van der Waals surface area contributed by atoms with Crippen LogP contribution in [0, 0.1) is 0 Å². The second-order valence-corrected chi connectivity index (χ2v) is 5.49. The second kappa shape index (κ2) is 5.38. The molecule has 3 rings (SSSR count). The molecule has 22 heavy (non-hydrogen) atoms. The Kier molecular flexibility index (Phi) is 3.53. The van der Waals surface area contributed by atoms with E-state index in [-0.39, 0.29) is 10.9 Å². The Morgan fingerprint density at radius 3 is 2.55 bits per heavy atom. The summed E-state index contributed by atoms with van der Waals surface area (Å²) in [5.74, 6) is -0.677. The lowest BCUT2D eigenvalue weighted by molar-refractivity contribution is 0.0695. The Hall–Kier alpha value is -2.48. The number of anilines is 1. The van der Waals surface area contributed by atoms with Crippen molar-refractivity contribution in [3.63, 3.8) is 0 Å². The number of hydrogen-bond acceptors (Lipinski definition) is 6. The van der Waals surface area contributed by atoms with Gasteiger partial charge in [0.15, 0.2) is 0 Å². The van der Waals surface area contributed by atoms with Crippen LogP contribution in [0.1, 0.15) is 10.4 Å². The van der Waals surface area contributed by atoms with Crippen LogP contribution in [-0.4, -0.2) is 63.7 Å². The number of rotatable bonds is 2. The number of aromatic carboxylic acids is 1. The highest BCUT2D eigenvalue weighted by Crippen LogP contribution is 2.14. The van der Waals surface area contributed by atoms with Crippen LogP contribution in [0.15, 0.2) is 17.2 Å². The summed E-state index contributed by atoms with van der Waals surface area (Å²) in [6, 6.07) is 0. The number of carboxylic acids is 1. The van der Waals surface area contributed by atoms with Crippen LogP contribution < -0.4 is 10.3 Å². The largest absolute Gasteiger partial charge is 0.477 e. The Labute approximate surface area is 126 Å². The van der Waals surface area contributed by atoms with E-state index in [1.807, 2.05) is 0 Å². The lowest BCUT2D eigenvalue weighted by atomic mass is 10.2. The SMILES string of the molecule is CN1CCN(c2ncc3c(=O)c(C(=O)O)cn(C)c3n2)CC1. The molecule has 2 aromatic heterocycles. The summed E-state index contributed by atoms with van der Waals surface area (Å²) in [6.45, 7) is 3.50. The summed E-state index contributed by atoms with van der Waals surface area (Å²) in [7, 11) is 3.74. The smallest absolute Gasteiger partial charge is 0.341 e. The molecule has 0 aliphatic carbocycles. The predicted octanol–water partition coefficient (Wildman–Crippen LogP) is -0.222. The molecule has 0 saturated carbocycles. The molecule has 0 atom stereocenters. The molecular formula is C14H17N5O3. The highest BCUT2D eigenvalue weighted by Gasteiger charge is 2.19. The van der Waals surface area contributed by atoms with Gasteiger partial charge in [0.05, 0.1) is 5.39 Å². The van der Waals surface area contributed by atoms with Crippen LogP contribution in [0.3, 0.4) is 0 Å². The van der Waals surface area contributed by atoms with Crippen LogP contribution in [0.5, 0.6) is 0 Å². The first-order chi connectivity index (χ1) is 10.5. The van der Waals surface area contributed by atoms with Crippen molar-refractivity contribution in [3.8, 4) is 0 Å². The first kappa shape index (κ1) is 14.5. The molecule has 0 bridgehead atoms. The highest BCUT2D eigenvalue weighted by atomic mass is 16.4. The average Bonchev–Trinajstić information content (AvgIpc) is 2.51. The van der Waals surface area contributed by atoms with Gasteiger partial charge in [-0.2, -0.15) is 4.98 Å². The second-order valence-electron chi connectivity index (χ2n) is 5.49. The van der Waals surface area contributed by atoms with E-state index in [1.165, 1.54) is 12.4 Å². The molecule has 2 aromatic rings. The Bertz CT molecular complexity index is 793. The van der Waals surface area contributed by atoms with Gasteiger partial charge in [0, 0.05) is 45.6 Å². The number of likely N-dealkylation sites (N-methyl/N-ethyl adjacent to an activating group) is 1. The number of fused-ring (bicyclic) bond motifs is 1. The summed E-state index contributed by atoms with van der Waals surface area (Å²) in [6.07, 6.45) is 2.72. The standard InChI is InChI=1S/C14H17N5O3/c1-17-3-5-19(6-4-17)14-15-7-9-11(20)10(13(21)22)8-18(2)12(9)16-14/h7-8H,3-6H2,1-2H3,(H,21,22). The summed E-state index contributed by atoms with van der Waals surface area (Å²) in [4.78, 5) is 36.2. The quantitative estimate of drug-likeness (QED) is 0.820. The summed E-state index contributed by atoms with van der Waals surface area (Å²) >= 11 is 0. The van der Waals surface area contributed by atoms with Gasteiger partial charge in [-0.1, -0.05) is 0 Å². The lowest BCUT2D eigenvalue weighted by Crippen LogP contribution is -2.45. The van der Waals surface area contributed by atoms with E-state index < -0.39 is 11.4 Å². The van der Waals surface area contributed by atoms with Crippen molar-refractivity contribution in [1.29, 1.82) is 0 Å². The Balaban J connectivity index is 2.07. The van der Waals surface area contributed by atoms with Crippen molar-refractivity contribution < 1.29 is 9.90 Å². The van der Waals surface area contributed by atoms with Crippen LogP contribution >= 0.6 is 0 Å². The van der Waals surface area contributed by atoms with Crippen molar-refractivity contribution in [2.24, 2.45) is 7.05 Å². The van der Waals surface area contributed by atoms with E-state index in [9.17, 15) is 9.59 Å². The molecule has 8 nitrogen and oxygen atoms in total. The van der Waals surface area contributed by atoms with Crippen molar-refractivity contribution in [2.45, 2.75) is 0 Å². The molecule has 116 valence electrons. The minimum absolute atomic E-state index is 0.222. The molecule has 1 saturated heterocycles. The molecule has 3 heterocycles. The van der Waals surface area contributed by atoms with Gasteiger partial charge in [-0.25, -0.2) is 9.78 Å². The van der Waals surface area contributed by atoms with E-state index in [1.54, 1.807) is 11.6 Å². The zero-order valence-electron chi connectivity index (χ0n) is 12.5. The molecule has 8 heteroatoms. The first-order valence-corrected chi connectivity index (χ1v) is 7.00. The third-order valence-corrected chi connectivity index (χ3v) is 3.92. The molecule has 0 radical (unpaired) electrons. The van der Waals surface area contributed by atoms with E-state index in [4.69, 9.17) is 5.11 Å². The van der Waals surface area contributed by atoms with Crippen molar-refractivity contribution in [1.82, 2.24) is 19.4 Å². The van der Waals surface area contributed by atoms with Crippen LogP contribution in [-0.2, 0) is 7.05 Å². The zero-order chi connectivity index (χ0) is 15.9.